The van der Waals surface area contributed by atoms with E-state index in [-0.39, 0.29) is 5.92 Å². The highest BCUT2D eigenvalue weighted by Gasteiger charge is 2.26. The topological polar surface area (TPSA) is 89.3 Å². The maximum Gasteiger partial charge on any atom is 0.235 e. The summed E-state index contributed by atoms with van der Waals surface area (Å²) in [6.45, 7) is 5.88. The maximum atomic E-state index is 11.7. The van der Waals surface area contributed by atoms with Crippen LogP contribution in [0.1, 0.15) is 20.8 Å². The van der Waals surface area contributed by atoms with Gasteiger partial charge in [0.1, 0.15) is 5.75 Å². The van der Waals surface area contributed by atoms with Crippen molar-refractivity contribution in [1.82, 2.24) is 5.32 Å². The van der Waals surface area contributed by atoms with Crippen molar-refractivity contribution in [3.63, 3.8) is 0 Å². The molecule has 0 aromatic rings. The zero-order valence-electron chi connectivity index (χ0n) is 9.49. The zero-order chi connectivity index (χ0) is 12.1. The summed E-state index contributed by atoms with van der Waals surface area (Å²) in [6.07, 6.45) is 0. The van der Waals surface area contributed by atoms with E-state index < -0.39 is 26.7 Å². The second-order valence-corrected chi connectivity index (χ2v) is 6.25. The van der Waals surface area contributed by atoms with Gasteiger partial charge < -0.3 is 11.1 Å². The van der Waals surface area contributed by atoms with Crippen LogP contribution < -0.4 is 11.1 Å². The van der Waals surface area contributed by atoms with E-state index in [0.717, 1.165) is 0 Å². The molecule has 0 rings (SSSR count). The second-order valence-electron chi connectivity index (χ2n) is 3.89. The van der Waals surface area contributed by atoms with Crippen LogP contribution in [0.5, 0.6) is 0 Å². The second kappa shape index (κ2) is 6.07. The summed E-state index contributed by atoms with van der Waals surface area (Å²) in [6, 6.07) is 0. The van der Waals surface area contributed by atoms with Gasteiger partial charge in [-0.15, -0.1) is 0 Å². The lowest BCUT2D eigenvalue weighted by Crippen LogP contribution is -2.37. The summed E-state index contributed by atoms with van der Waals surface area (Å²) < 4.78 is 23.3. The Balaban J connectivity index is 4.32. The van der Waals surface area contributed by atoms with Crippen LogP contribution in [-0.4, -0.2) is 38.4 Å². The van der Waals surface area contributed by atoms with Crippen molar-refractivity contribution < 1.29 is 13.2 Å². The Bertz CT molecular complexity index is 298. The van der Waals surface area contributed by atoms with Crippen LogP contribution in [0.4, 0.5) is 0 Å². The van der Waals surface area contributed by atoms with Crippen molar-refractivity contribution in [2.45, 2.75) is 26.0 Å². The molecule has 0 saturated heterocycles. The highest BCUT2D eigenvalue weighted by atomic mass is 32.2. The number of carbonyl (C=O) groups is 1. The Morgan fingerprint density at radius 1 is 1.33 bits per heavy atom. The summed E-state index contributed by atoms with van der Waals surface area (Å²) in [4.78, 5) is 11.2. The standard InChI is InChI=1S/C9H20N2O3S/c1-7(2)8(3)15(13,14)6-9(12)11-5-4-10/h7-8H,4-6,10H2,1-3H3,(H,11,12). The molecule has 0 aliphatic rings. The molecule has 1 atom stereocenters. The molecule has 0 spiro atoms. The molecular formula is C9H20N2O3S. The van der Waals surface area contributed by atoms with E-state index >= 15 is 0 Å². The first-order valence-electron chi connectivity index (χ1n) is 4.99. The van der Waals surface area contributed by atoms with Gasteiger partial charge >= 0.3 is 0 Å². The third-order valence-electron chi connectivity index (χ3n) is 2.30. The zero-order valence-corrected chi connectivity index (χ0v) is 10.3. The molecule has 0 fully saturated rings. The molecule has 90 valence electrons. The number of hydrogen-bond donors (Lipinski definition) is 2. The molecule has 15 heavy (non-hydrogen) atoms. The third kappa shape index (κ3) is 5.13. The van der Waals surface area contributed by atoms with Gasteiger partial charge in [0.05, 0.1) is 5.25 Å². The van der Waals surface area contributed by atoms with Gasteiger partial charge in [-0.2, -0.15) is 0 Å². The lowest BCUT2D eigenvalue weighted by Gasteiger charge is -2.15. The molecule has 0 aromatic heterocycles. The van der Waals surface area contributed by atoms with Crippen molar-refractivity contribution in [2.24, 2.45) is 11.7 Å². The molecule has 0 heterocycles. The molecule has 1 unspecified atom stereocenters. The average Bonchev–Trinajstić information content (AvgIpc) is 2.12. The van der Waals surface area contributed by atoms with Gasteiger partial charge in [-0.25, -0.2) is 8.42 Å². The molecule has 0 aliphatic carbocycles. The SMILES string of the molecule is CC(C)C(C)S(=O)(=O)CC(=O)NCCN. The van der Waals surface area contributed by atoms with Crippen LogP contribution in [-0.2, 0) is 14.6 Å². The Labute approximate surface area is 91.3 Å². The number of carbonyl (C=O) groups excluding carboxylic acids is 1. The van der Waals surface area contributed by atoms with Crippen molar-refractivity contribution in [3.05, 3.63) is 0 Å². The highest BCUT2D eigenvalue weighted by Crippen LogP contribution is 2.11. The minimum absolute atomic E-state index is 0.0114. The molecule has 0 saturated carbocycles. The first-order chi connectivity index (χ1) is 6.81. The van der Waals surface area contributed by atoms with E-state index in [2.05, 4.69) is 5.32 Å². The molecular weight excluding hydrogens is 216 g/mol. The van der Waals surface area contributed by atoms with Crippen molar-refractivity contribution in [1.29, 1.82) is 0 Å². The molecule has 3 N–H and O–H groups in total. The maximum absolute atomic E-state index is 11.7. The van der Waals surface area contributed by atoms with Gasteiger partial charge in [-0.3, -0.25) is 4.79 Å². The summed E-state index contributed by atoms with van der Waals surface area (Å²) in [5.74, 6) is -0.919. The number of nitrogens with two attached hydrogens (primary N) is 1. The fourth-order valence-corrected chi connectivity index (χ4v) is 2.55. The molecule has 1 amide bonds. The Morgan fingerprint density at radius 3 is 2.27 bits per heavy atom. The van der Waals surface area contributed by atoms with E-state index in [9.17, 15) is 13.2 Å². The summed E-state index contributed by atoms with van der Waals surface area (Å²) >= 11 is 0. The minimum atomic E-state index is -3.34. The van der Waals surface area contributed by atoms with Crippen molar-refractivity contribution in [3.8, 4) is 0 Å². The van der Waals surface area contributed by atoms with Crippen LogP contribution in [0.2, 0.25) is 0 Å². The molecule has 0 bridgehead atoms. The van der Waals surface area contributed by atoms with Crippen molar-refractivity contribution in [2.75, 3.05) is 18.8 Å². The van der Waals surface area contributed by atoms with E-state index in [1.807, 2.05) is 13.8 Å². The highest BCUT2D eigenvalue weighted by molar-refractivity contribution is 7.92. The van der Waals surface area contributed by atoms with Gasteiger partial charge in [0.2, 0.25) is 5.91 Å². The summed E-state index contributed by atoms with van der Waals surface area (Å²) in [5.41, 5.74) is 5.18. The monoisotopic (exact) mass is 236 g/mol. The van der Waals surface area contributed by atoms with Crippen LogP contribution in [0, 0.1) is 5.92 Å². The average molecular weight is 236 g/mol. The first-order valence-corrected chi connectivity index (χ1v) is 6.71. The van der Waals surface area contributed by atoms with Crippen LogP contribution in [0.25, 0.3) is 0 Å². The van der Waals surface area contributed by atoms with E-state index in [0.29, 0.717) is 13.1 Å². The van der Waals surface area contributed by atoms with Crippen LogP contribution in [0.3, 0.4) is 0 Å². The summed E-state index contributed by atoms with van der Waals surface area (Å²) in [7, 11) is -3.34. The smallest absolute Gasteiger partial charge is 0.235 e. The number of hydrogen-bond acceptors (Lipinski definition) is 4. The lowest BCUT2D eigenvalue weighted by molar-refractivity contribution is -0.118. The van der Waals surface area contributed by atoms with Gasteiger partial charge in [0.15, 0.2) is 9.84 Å². The van der Waals surface area contributed by atoms with Gasteiger partial charge in [0, 0.05) is 13.1 Å². The van der Waals surface area contributed by atoms with E-state index in [1.54, 1.807) is 6.92 Å². The Kier molecular flexibility index (Phi) is 5.82. The molecule has 0 aliphatic heterocycles. The predicted molar refractivity (Wildman–Crippen MR) is 60.2 cm³/mol. The predicted octanol–water partition coefficient (Wildman–Crippen LogP) is -0.479. The number of nitrogens with one attached hydrogen (secondary N) is 1. The number of amides is 1. The quantitative estimate of drug-likeness (QED) is 0.652. The number of sulfone groups is 1. The van der Waals surface area contributed by atoms with Gasteiger partial charge in [-0.1, -0.05) is 13.8 Å². The van der Waals surface area contributed by atoms with Crippen LogP contribution in [0.15, 0.2) is 0 Å². The van der Waals surface area contributed by atoms with Gasteiger partial charge in [-0.05, 0) is 12.8 Å². The molecule has 5 nitrogen and oxygen atoms in total. The molecule has 0 aromatic carbocycles. The summed E-state index contributed by atoms with van der Waals surface area (Å²) in [5, 5.41) is 1.94. The molecule has 0 radical (unpaired) electrons. The van der Waals surface area contributed by atoms with Crippen LogP contribution >= 0.6 is 0 Å². The number of rotatable bonds is 6. The van der Waals surface area contributed by atoms with E-state index in [4.69, 9.17) is 5.73 Å². The minimum Gasteiger partial charge on any atom is -0.354 e. The fourth-order valence-electron chi connectivity index (χ4n) is 0.991. The largest absolute Gasteiger partial charge is 0.354 e. The Hall–Kier alpha value is -0.620. The molecule has 6 heteroatoms. The first kappa shape index (κ1) is 14.4. The van der Waals surface area contributed by atoms with Gasteiger partial charge in [0.25, 0.3) is 0 Å². The third-order valence-corrected chi connectivity index (χ3v) is 4.65. The lowest BCUT2D eigenvalue weighted by atomic mass is 10.2. The Morgan fingerprint density at radius 2 is 1.87 bits per heavy atom. The van der Waals surface area contributed by atoms with Crippen molar-refractivity contribution >= 4 is 15.7 Å². The normalized spacial score (nSPS) is 13.9. The fraction of sp³-hybridized carbons (Fsp3) is 0.889. The van der Waals surface area contributed by atoms with E-state index in [1.165, 1.54) is 0 Å².